The predicted octanol–water partition coefficient (Wildman–Crippen LogP) is 4.06. The van der Waals surface area contributed by atoms with Crippen LogP contribution in [-0.4, -0.2) is 11.8 Å². The standard InChI is InChI=1S/C12H18BrNS/c1-4-14-8-10-5-6-11(13)7-12(10)15-9(2)3/h5-7,9,14H,4,8H2,1-3H3. The van der Waals surface area contributed by atoms with Crippen LogP contribution in [0, 0.1) is 0 Å². The minimum Gasteiger partial charge on any atom is -0.313 e. The fraction of sp³-hybridized carbons (Fsp3) is 0.500. The van der Waals surface area contributed by atoms with Gasteiger partial charge in [-0.3, -0.25) is 0 Å². The molecule has 84 valence electrons. The summed E-state index contributed by atoms with van der Waals surface area (Å²) in [7, 11) is 0. The van der Waals surface area contributed by atoms with E-state index in [0.717, 1.165) is 17.6 Å². The third-order valence-corrected chi connectivity index (χ3v) is 3.56. The van der Waals surface area contributed by atoms with E-state index in [0.29, 0.717) is 5.25 Å². The molecule has 1 rings (SSSR count). The number of hydrogen-bond donors (Lipinski definition) is 1. The lowest BCUT2D eigenvalue weighted by molar-refractivity contribution is 0.717. The van der Waals surface area contributed by atoms with Crippen molar-refractivity contribution < 1.29 is 0 Å². The molecule has 0 aromatic heterocycles. The summed E-state index contributed by atoms with van der Waals surface area (Å²) in [6.45, 7) is 8.56. The maximum Gasteiger partial charge on any atom is 0.0216 e. The van der Waals surface area contributed by atoms with Gasteiger partial charge in [0.15, 0.2) is 0 Å². The second-order valence-electron chi connectivity index (χ2n) is 3.70. The molecule has 1 N–H and O–H groups in total. The second-order valence-corrected chi connectivity index (χ2v) is 6.23. The Hall–Kier alpha value is 0.01000. The molecule has 0 unspecified atom stereocenters. The van der Waals surface area contributed by atoms with Gasteiger partial charge in [-0.15, -0.1) is 11.8 Å². The normalized spacial score (nSPS) is 11.0. The lowest BCUT2D eigenvalue weighted by atomic mass is 10.2. The molecule has 3 heteroatoms. The maximum atomic E-state index is 3.52. The van der Waals surface area contributed by atoms with Crippen LogP contribution in [0.4, 0.5) is 0 Å². The smallest absolute Gasteiger partial charge is 0.0216 e. The molecule has 0 spiro atoms. The average molecular weight is 288 g/mol. The summed E-state index contributed by atoms with van der Waals surface area (Å²) in [5.41, 5.74) is 1.39. The molecule has 0 aliphatic heterocycles. The van der Waals surface area contributed by atoms with Crippen molar-refractivity contribution in [3.05, 3.63) is 28.2 Å². The molecule has 0 aliphatic carbocycles. The molecule has 0 amide bonds. The first-order valence-electron chi connectivity index (χ1n) is 5.29. The third kappa shape index (κ3) is 4.58. The highest BCUT2D eigenvalue weighted by atomic mass is 79.9. The molecule has 0 atom stereocenters. The minimum atomic E-state index is 0.625. The van der Waals surface area contributed by atoms with E-state index in [4.69, 9.17) is 0 Å². The van der Waals surface area contributed by atoms with Crippen molar-refractivity contribution in [3.63, 3.8) is 0 Å². The van der Waals surface area contributed by atoms with Crippen molar-refractivity contribution in [2.45, 2.75) is 37.5 Å². The van der Waals surface area contributed by atoms with E-state index in [9.17, 15) is 0 Å². The highest BCUT2D eigenvalue weighted by Crippen LogP contribution is 2.29. The molecule has 0 saturated carbocycles. The van der Waals surface area contributed by atoms with E-state index in [1.165, 1.54) is 10.5 Å². The van der Waals surface area contributed by atoms with Gasteiger partial charge in [-0.2, -0.15) is 0 Å². The molecular formula is C12H18BrNS. The summed E-state index contributed by atoms with van der Waals surface area (Å²) in [4.78, 5) is 1.38. The lowest BCUT2D eigenvalue weighted by Gasteiger charge is -2.12. The van der Waals surface area contributed by atoms with E-state index in [1.807, 2.05) is 11.8 Å². The Balaban J connectivity index is 2.82. The Morgan fingerprint density at radius 2 is 2.13 bits per heavy atom. The van der Waals surface area contributed by atoms with E-state index in [-0.39, 0.29) is 0 Å². The van der Waals surface area contributed by atoms with Crippen LogP contribution in [0.15, 0.2) is 27.6 Å². The third-order valence-electron chi connectivity index (χ3n) is 1.96. The molecule has 0 saturated heterocycles. The minimum absolute atomic E-state index is 0.625. The first-order chi connectivity index (χ1) is 7.13. The van der Waals surface area contributed by atoms with Gasteiger partial charge in [0, 0.05) is 21.2 Å². The largest absolute Gasteiger partial charge is 0.313 e. The van der Waals surface area contributed by atoms with Gasteiger partial charge in [0.25, 0.3) is 0 Å². The van der Waals surface area contributed by atoms with E-state index in [1.54, 1.807) is 0 Å². The Morgan fingerprint density at radius 1 is 1.40 bits per heavy atom. The fourth-order valence-corrected chi connectivity index (χ4v) is 2.80. The molecule has 0 heterocycles. The van der Waals surface area contributed by atoms with Gasteiger partial charge in [0.05, 0.1) is 0 Å². The molecule has 1 aromatic carbocycles. The molecule has 0 radical (unpaired) electrons. The first-order valence-corrected chi connectivity index (χ1v) is 6.96. The molecule has 0 aliphatic rings. The Labute approximate surface area is 105 Å². The van der Waals surface area contributed by atoms with Crippen LogP contribution < -0.4 is 5.32 Å². The van der Waals surface area contributed by atoms with E-state index < -0.39 is 0 Å². The summed E-state index contributed by atoms with van der Waals surface area (Å²) in [5, 5.41) is 3.99. The molecule has 1 aromatic rings. The van der Waals surface area contributed by atoms with Crippen LogP contribution in [0.5, 0.6) is 0 Å². The molecule has 1 nitrogen and oxygen atoms in total. The summed E-state index contributed by atoms with van der Waals surface area (Å²) in [6.07, 6.45) is 0. The maximum absolute atomic E-state index is 3.52. The molecule has 15 heavy (non-hydrogen) atoms. The predicted molar refractivity (Wildman–Crippen MR) is 72.5 cm³/mol. The number of hydrogen-bond acceptors (Lipinski definition) is 2. The van der Waals surface area contributed by atoms with Gasteiger partial charge in [-0.25, -0.2) is 0 Å². The van der Waals surface area contributed by atoms with Crippen molar-refractivity contribution >= 4 is 27.7 Å². The number of benzene rings is 1. The van der Waals surface area contributed by atoms with Gasteiger partial charge >= 0.3 is 0 Å². The summed E-state index contributed by atoms with van der Waals surface area (Å²) >= 11 is 5.44. The Morgan fingerprint density at radius 3 is 2.73 bits per heavy atom. The van der Waals surface area contributed by atoms with Crippen LogP contribution >= 0.6 is 27.7 Å². The van der Waals surface area contributed by atoms with Crippen molar-refractivity contribution in [3.8, 4) is 0 Å². The van der Waals surface area contributed by atoms with Crippen molar-refractivity contribution in [1.82, 2.24) is 5.32 Å². The first kappa shape index (κ1) is 13.1. The van der Waals surface area contributed by atoms with Crippen LogP contribution in [-0.2, 0) is 6.54 Å². The van der Waals surface area contributed by atoms with Crippen LogP contribution in [0.25, 0.3) is 0 Å². The second kappa shape index (κ2) is 6.56. The summed E-state index contributed by atoms with van der Waals surface area (Å²) < 4.78 is 1.16. The lowest BCUT2D eigenvalue weighted by Crippen LogP contribution is -2.12. The zero-order chi connectivity index (χ0) is 11.3. The van der Waals surface area contributed by atoms with E-state index >= 15 is 0 Å². The number of nitrogens with one attached hydrogen (secondary N) is 1. The highest BCUT2D eigenvalue weighted by Gasteiger charge is 2.05. The zero-order valence-corrected chi connectivity index (χ0v) is 11.9. The van der Waals surface area contributed by atoms with Crippen molar-refractivity contribution in [2.24, 2.45) is 0 Å². The Bertz CT molecular complexity index is 312. The zero-order valence-electron chi connectivity index (χ0n) is 9.51. The van der Waals surface area contributed by atoms with Crippen molar-refractivity contribution in [2.75, 3.05) is 6.54 Å². The summed E-state index contributed by atoms with van der Waals surface area (Å²) in [5.74, 6) is 0. The number of rotatable bonds is 5. The average Bonchev–Trinajstić information content (AvgIpc) is 2.16. The monoisotopic (exact) mass is 287 g/mol. The number of thioether (sulfide) groups is 1. The molecular weight excluding hydrogens is 270 g/mol. The molecule has 0 bridgehead atoms. The van der Waals surface area contributed by atoms with E-state index in [2.05, 4.69) is 60.2 Å². The summed E-state index contributed by atoms with van der Waals surface area (Å²) in [6, 6.07) is 6.51. The van der Waals surface area contributed by atoms with Crippen LogP contribution in [0.1, 0.15) is 26.3 Å². The molecule has 0 fully saturated rings. The van der Waals surface area contributed by atoms with Gasteiger partial charge in [-0.05, 0) is 24.2 Å². The van der Waals surface area contributed by atoms with Gasteiger partial charge in [0.1, 0.15) is 0 Å². The van der Waals surface area contributed by atoms with Crippen LogP contribution in [0.2, 0.25) is 0 Å². The van der Waals surface area contributed by atoms with Gasteiger partial charge < -0.3 is 5.32 Å². The van der Waals surface area contributed by atoms with Gasteiger partial charge in [0.2, 0.25) is 0 Å². The van der Waals surface area contributed by atoms with Crippen molar-refractivity contribution in [1.29, 1.82) is 0 Å². The highest BCUT2D eigenvalue weighted by molar-refractivity contribution is 9.10. The number of halogens is 1. The topological polar surface area (TPSA) is 12.0 Å². The fourth-order valence-electron chi connectivity index (χ4n) is 1.30. The SMILES string of the molecule is CCNCc1ccc(Br)cc1SC(C)C. The van der Waals surface area contributed by atoms with Crippen LogP contribution in [0.3, 0.4) is 0 Å². The Kier molecular flexibility index (Phi) is 5.72. The quantitative estimate of drug-likeness (QED) is 0.820. The van der Waals surface area contributed by atoms with Gasteiger partial charge in [-0.1, -0.05) is 42.8 Å².